The maximum atomic E-state index is 6.55. The Kier molecular flexibility index (Phi) is 6.19. The van der Waals surface area contributed by atoms with Crippen LogP contribution in [0.25, 0.3) is 10.2 Å². The Bertz CT molecular complexity index is 1340. The van der Waals surface area contributed by atoms with E-state index in [-0.39, 0.29) is 5.50 Å². The fraction of sp³-hybridized carbons (Fsp3) is 0.200. The smallest absolute Gasteiger partial charge is 0.178 e. The number of rotatable bonds is 6. The Labute approximate surface area is 210 Å². The molecule has 3 N–H and O–H groups in total. The minimum absolute atomic E-state index is 0.231. The van der Waals surface area contributed by atoms with Crippen LogP contribution in [0.15, 0.2) is 87.2 Å². The van der Waals surface area contributed by atoms with Gasteiger partial charge in [0.15, 0.2) is 11.6 Å². The van der Waals surface area contributed by atoms with Crippen LogP contribution in [0.4, 0.5) is 5.82 Å². The molecule has 6 nitrogen and oxygen atoms in total. The number of anilines is 1. The second-order valence-corrected chi connectivity index (χ2v) is 11.1. The van der Waals surface area contributed by atoms with Crippen molar-refractivity contribution in [3.05, 3.63) is 77.4 Å². The van der Waals surface area contributed by atoms with Crippen LogP contribution in [0.5, 0.6) is 11.5 Å². The summed E-state index contributed by atoms with van der Waals surface area (Å²) in [5, 5.41) is 7.72. The molecule has 6 rings (SSSR count). The second-order valence-electron chi connectivity index (χ2n) is 8.08. The lowest BCUT2D eigenvalue weighted by Crippen LogP contribution is -2.38. The Morgan fingerprint density at radius 2 is 2.06 bits per heavy atom. The molecule has 2 aliphatic rings. The zero-order valence-corrected chi connectivity index (χ0v) is 20.7. The van der Waals surface area contributed by atoms with Gasteiger partial charge in [0.1, 0.15) is 11.2 Å². The first-order valence-electron chi connectivity index (χ1n) is 11.1. The van der Waals surface area contributed by atoms with Crippen molar-refractivity contribution >= 4 is 50.9 Å². The minimum Gasteiger partial charge on any atom is -0.453 e. The molecule has 2 aliphatic heterocycles. The van der Waals surface area contributed by atoms with Crippen LogP contribution in [-0.2, 0) is 0 Å². The monoisotopic (exact) mass is 505 g/mol. The number of fused-ring (bicyclic) bond motifs is 1. The number of nitrogens with two attached hydrogens (primary N) is 1. The molecule has 0 amide bonds. The van der Waals surface area contributed by atoms with Crippen molar-refractivity contribution in [3.63, 3.8) is 0 Å². The highest BCUT2D eigenvalue weighted by Crippen LogP contribution is 2.44. The summed E-state index contributed by atoms with van der Waals surface area (Å²) < 4.78 is 7.58. The first-order chi connectivity index (χ1) is 16.8. The lowest BCUT2D eigenvalue weighted by molar-refractivity contribution is 0.476. The highest BCUT2D eigenvalue weighted by Gasteiger charge is 2.34. The number of nitrogens with one attached hydrogen (secondary N) is 1. The molecule has 0 radical (unpaired) electrons. The molecule has 5 heterocycles. The molecule has 1 saturated heterocycles. The summed E-state index contributed by atoms with van der Waals surface area (Å²) in [4.78, 5) is 13.7. The van der Waals surface area contributed by atoms with Crippen LogP contribution in [-0.4, -0.2) is 28.6 Å². The first-order valence-corrected chi connectivity index (χ1v) is 13.7. The van der Waals surface area contributed by atoms with Gasteiger partial charge >= 0.3 is 0 Å². The van der Waals surface area contributed by atoms with Crippen LogP contribution >= 0.6 is 34.9 Å². The van der Waals surface area contributed by atoms with Crippen molar-refractivity contribution in [2.75, 3.05) is 18.0 Å². The van der Waals surface area contributed by atoms with Gasteiger partial charge < -0.3 is 20.7 Å². The molecule has 1 aromatic carbocycles. The van der Waals surface area contributed by atoms with E-state index in [2.05, 4.69) is 38.1 Å². The molecule has 0 bridgehead atoms. The third-order valence-corrected chi connectivity index (χ3v) is 8.83. The molecule has 172 valence electrons. The molecule has 9 heteroatoms. The van der Waals surface area contributed by atoms with Crippen LogP contribution in [0, 0.1) is 5.92 Å². The lowest BCUT2D eigenvalue weighted by atomic mass is 10.0. The zero-order chi connectivity index (χ0) is 22.9. The molecular weight excluding hydrogens is 483 g/mol. The van der Waals surface area contributed by atoms with Gasteiger partial charge in [-0.2, -0.15) is 0 Å². The maximum absolute atomic E-state index is 6.55. The molecule has 3 aromatic heterocycles. The number of thioether (sulfide) groups is 1. The van der Waals surface area contributed by atoms with Crippen molar-refractivity contribution in [2.45, 2.75) is 21.7 Å². The summed E-state index contributed by atoms with van der Waals surface area (Å²) in [6.45, 7) is 1.98. The fourth-order valence-corrected chi connectivity index (χ4v) is 7.06. The van der Waals surface area contributed by atoms with E-state index in [4.69, 9.17) is 15.5 Å². The van der Waals surface area contributed by atoms with Gasteiger partial charge in [0.25, 0.3) is 0 Å². The van der Waals surface area contributed by atoms with Gasteiger partial charge in [-0.25, -0.2) is 4.98 Å². The van der Waals surface area contributed by atoms with E-state index in [1.807, 2.05) is 48.8 Å². The van der Waals surface area contributed by atoms with Crippen LogP contribution < -0.4 is 20.7 Å². The van der Waals surface area contributed by atoms with Crippen LogP contribution in [0.1, 0.15) is 6.42 Å². The minimum atomic E-state index is -0.231. The van der Waals surface area contributed by atoms with E-state index in [1.54, 1.807) is 34.9 Å². The highest BCUT2D eigenvalue weighted by atomic mass is 32.2. The number of hydrogen-bond acceptors (Lipinski definition) is 9. The van der Waals surface area contributed by atoms with Gasteiger partial charge in [-0.15, -0.1) is 11.3 Å². The number of ether oxygens (including phenoxy) is 1. The predicted molar refractivity (Wildman–Crippen MR) is 142 cm³/mol. The maximum Gasteiger partial charge on any atom is 0.178 e. The first kappa shape index (κ1) is 21.9. The van der Waals surface area contributed by atoms with Crippen molar-refractivity contribution in [3.8, 4) is 11.5 Å². The van der Waals surface area contributed by atoms with Gasteiger partial charge in [0.05, 0.1) is 10.2 Å². The molecule has 34 heavy (non-hydrogen) atoms. The Hall–Kier alpha value is -2.56. The molecule has 1 fully saturated rings. The number of para-hydroxylation sites is 1. The summed E-state index contributed by atoms with van der Waals surface area (Å²) in [5.41, 5.74) is 8.55. The van der Waals surface area contributed by atoms with E-state index >= 15 is 0 Å². The predicted octanol–water partition coefficient (Wildman–Crippen LogP) is 5.88. The van der Waals surface area contributed by atoms with Crippen molar-refractivity contribution in [1.82, 2.24) is 15.3 Å². The van der Waals surface area contributed by atoms with E-state index < -0.39 is 0 Å². The normalized spacial score (nSPS) is 20.1. The number of nitrogens with zero attached hydrogens (tertiary/aromatic N) is 3. The van der Waals surface area contributed by atoms with Crippen LogP contribution in [0.3, 0.4) is 0 Å². The third kappa shape index (κ3) is 4.30. The van der Waals surface area contributed by atoms with E-state index in [0.717, 1.165) is 46.4 Å². The Morgan fingerprint density at radius 3 is 2.91 bits per heavy atom. The second kappa shape index (κ2) is 9.59. The summed E-state index contributed by atoms with van der Waals surface area (Å²) >= 11 is 5.00. The molecule has 0 aliphatic carbocycles. The molecule has 0 spiro atoms. The van der Waals surface area contributed by atoms with Gasteiger partial charge in [-0.1, -0.05) is 41.7 Å². The number of aromatic nitrogens is 2. The number of thiophene rings is 1. The highest BCUT2D eigenvalue weighted by molar-refractivity contribution is 8.03. The summed E-state index contributed by atoms with van der Waals surface area (Å²) in [6, 6.07) is 16.0. The quantitative estimate of drug-likeness (QED) is 0.336. The topological polar surface area (TPSA) is 76.3 Å². The summed E-state index contributed by atoms with van der Waals surface area (Å²) in [6.07, 6.45) is 4.86. The number of pyridine rings is 2. The molecular formula is C25H23N5OS3. The molecule has 0 saturated carbocycles. The molecule has 2 atom stereocenters. The van der Waals surface area contributed by atoms with Gasteiger partial charge in [-0.3, -0.25) is 4.98 Å². The molecule has 4 aromatic rings. The average Bonchev–Trinajstić information content (AvgIpc) is 3.62. The van der Waals surface area contributed by atoms with Crippen LogP contribution in [0.2, 0.25) is 0 Å². The standard InChI is InChI=1S/C25H23N5OS3/c26-25-30(20(15-33-25)16-6-9-27-13-16)24-21(31-17-4-2-1-3-5-17)12-18(14-29-24)34-22-7-10-28-19-8-11-32-23(19)22/h1-5,7-8,10-12,14-16,25,27H,6,9,13,26H2. The SMILES string of the molecule is NC1SC=C(C2CCNC2)N1c1ncc(Sc2ccnc3ccsc23)cc1Oc1ccccc1. The van der Waals surface area contributed by atoms with Crippen molar-refractivity contribution in [2.24, 2.45) is 11.7 Å². The Morgan fingerprint density at radius 1 is 1.15 bits per heavy atom. The zero-order valence-electron chi connectivity index (χ0n) is 18.3. The summed E-state index contributed by atoms with van der Waals surface area (Å²) in [5.74, 6) is 2.64. The van der Waals surface area contributed by atoms with Crippen molar-refractivity contribution in [1.29, 1.82) is 0 Å². The number of hydrogen-bond donors (Lipinski definition) is 2. The lowest BCUT2D eigenvalue weighted by Gasteiger charge is -2.29. The largest absolute Gasteiger partial charge is 0.453 e. The van der Waals surface area contributed by atoms with Gasteiger partial charge in [0, 0.05) is 46.4 Å². The fourth-order valence-electron chi connectivity index (χ4n) is 4.25. The Balaban J connectivity index is 1.39. The van der Waals surface area contributed by atoms with E-state index in [9.17, 15) is 0 Å². The average molecular weight is 506 g/mol. The summed E-state index contributed by atoms with van der Waals surface area (Å²) in [7, 11) is 0. The number of benzene rings is 1. The molecule has 2 unspecified atom stereocenters. The van der Waals surface area contributed by atoms with Crippen molar-refractivity contribution < 1.29 is 4.74 Å². The third-order valence-electron chi connectivity index (χ3n) is 5.88. The van der Waals surface area contributed by atoms with Gasteiger partial charge in [-0.05, 0) is 48.0 Å². The van der Waals surface area contributed by atoms with Gasteiger partial charge in [0.2, 0.25) is 0 Å². The van der Waals surface area contributed by atoms with E-state index in [1.165, 1.54) is 10.4 Å². The van der Waals surface area contributed by atoms with E-state index in [0.29, 0.717) is 11.7 Å².